The highest BCUT2D eigenvalue weighted by Gasteiger charge is 2.11. The summed E-state index contributed by atoms with van der Waals surface area (Å²) < 4.78 is 1.74. The van der Waals surface area contributed by atoms with Gasteiger partial charge in [-0.15, -0.1) is 11.6 Å². The summed E-state index contributed by atoms with van der Waals surface area (Å²) in [5, 5.41) is 5.26. The van der Waals surface area contributed by atoms with Crippen molar-refractivity contribution < 1.29 is 0 Å². The van der Waals surface area contributed by atoms with Crippen LogP contribution in [0.15, 0.2) is 24.4 Å². The molecule has 1 aromatic carbocycles. The third kappa shape index (κ3) is 1.93. The van der Waals surface area contributed by atoms with Gasteiger partial charge in [-0.2, -0.15) is 5.10 Å². The number of rotatable bonds is 2. The van der Waals surface area contributed by atoms with Crippen molar-refractivity contribution in [3.05, 3.63) is 45.7 Å². The first kappa shape index (κ1) is 11.8. The molecule has 0 bridgehead atoms. The zero-order valence-electron chi connectivity index (χ0n) is 8.54. The predicted molar refractivity (Wildman–Crippen MR) is 67.9 cm³/mol. The summed E-state index contributed by atoms with van der Waals surface area (Å²) in [6.07, 6.45) is 1.74. The topological polar surface area (TPSA) is 17.8 Å². The molecule has 5 heteroatoms. The average Bonchev–Trinajstić information content (AvgIpc) is 2.64. The fraction of sp³-hybridized carbons (Fsp3) is 0.182. The van der Waals surface area contributed by atoms with E-state index in [1.54, 1.807) is 16.9 Å². The lowest BCUT2D eigenvalue weighted by Gasteiger charge is -2.08. The van der Waals surface area contributed by atoms with Gasteiger partial charge in [0.1, 0.15) is 0 Å². The van der Waals surface area contributed by atoms with Gasteiger partial charge in [-0.3, -0.25) is 0 Å². The van der Waals surface area contributed by atoms with Crippen LogP contribution < -0.4 is 0 Å². The Hall–Kier alpha value is -0.700. The van der Waals surface area contributed by atoms with Crippen molar-refractivity contribution in [3.63, 3.8) is 0 Å². The molecule has 1 heterocycles. The summed E-state index contributed by atoms with van der Waals surface area (Å²) in [5.74, 6) is 0.435. The van der Waals surface area contributed by atoms with Gasteiger partial charge in [0.25, 0.3) is 0 Å². The van der Waals surface area contributed by atoms with Crippen molar-refractivity contribution in [1.82, 2.24) is 9.78 Å². The molecule has 0 amide bonds. The summed E-state index contributed by atoms with van der Waals surface area (Å²) in [5.41, 5.74) is 2.72. The second-order valence-corrected chi connectivity index (χ2v) is 4.43. The molecule has 84 valence electrons. The first-order valence-electron chi connectivity index (χ1n) is 4.69. The second kappa shape index (κ2) is 4.66. The number of aromatic nitrogens is 2. The molecule has 0 radical (unpaired) electrons. The summed E-state index contributed by atoms with van der Waals surface area (Å²) >= 11 is 17.9. The Bertz CT molecular complexity index is 520. The van der Waals surface area contributed by atoms with E-state index in [1.165, 1.54) is 0 Å². The Labute approximate surface area is 109 Å². The lowest BCUT2D eigenvalue weighted by atomic mass is 10.2. The molecule has 0 N–H and O–H groups in total. The van der Waals surface area contributed by atoms with Crippen molar-refractivity contribution in [2.75, 3.05) is 0 Å². The van der Waals surface area contributed by atoms with Crippen LogP contribution in [-0.2, 0) is 5.88 Å². The van der Waals surface area contributed by atoms with Gasteiger partial charge in [0, 0.05) is 11.3 Å². The number of hydrogen-bond acceptors (Lipinski definition) is 1. The first-order chi connectivity index (χ1) is 7.65. The molecule has 0 aliphatic rings. The van der Waals surface area contributed by atoms with Gasteiger partial charge in [-0.1, -0.05) is 29.3 Å². The van der Waals surface area contributed by atoms with Crippen LogP contribution in [0.3, 0.4) is 0 Å². The number of halogens is 3. The van der Waals surface area contributed by atoms with Gasteiger partial charge in [-0.05, 0) is 19.1 Å². The molecule has 2 nitrogen and oxygen atoms in total. The van der Waals surface area contributed by atoms with Crippen molar-refractivity contribution in [1.29, 1.82) is 0 Å². The lowest BCUT2D eigenvalue weighted by molar-refractivity contribution is 0.846. The third-order valence-electron chi connectivity index (χ3n) is 2.41. The van der Waals surface area contributed by atoms with E-state index in [9.17, 15) is 0 Å². The molecule has 16 heavy (non-hydrogen) atoms. The Balaban J connectivity index is 2.59. The molecule has 0 unspecified atom stereocenters. The second-order valence-electron chi connectivity index (χ2n) is 3.37. The van der Waals surface area contributed by atoms with Gasteiger partial charge >= 0.3 is 0 Å². The fourth-order valence-corrected chi connectivity index (χ4v) is 2.11. The highest BCUT2D eigenvalue weighted by Crippen LogP contribution is 2.29. The van der Waals surface area contributed by atoms with E-state index in [4.69, 9.17) is 34.8 Å². The molecular formula is C11H9Cl3N2. The molecule has 2 rings (SSSR count). The molecule has 0 saturated heterocycles. The fourth-order valence-electron chi connectivity index (χ4n) is 1.47. The van der Waals surface area contributed by atoms with Crippen molar-refractivity contribution in [2.45, 2.75) is 12.8 Å². The van der Waals surface area contributed by atoms with Crippen molar-refractivity contribution in [2.24, 2.45) is 0 Å². The van der Waals surface area contributed by atoms with Gasteiger partial charge in [0.2, 0.25) is 0 Å². The summed E-state index contributed by atoms with van der Waals surface area (Å²) in [6.45, 7) is 1.95. The third-order valence-corrected chi connectivity index (χ3v) is 3.51. The highest BCUT2D eigenvalue weighted by atomic mass is 35.5. The molecule has 1 aromatic heterocycles. The van der Waals surface area contributed by atoms with Crippen molar-refractivity contribution in [3.8, 4) is 5.69 Å². The van der Waals surface area contributed by atoms with Crippen LogP contribution in [0, 0.1) is 6.92 Å². The Morgan fingerprint density at radius 1 is 1.31 bits per heavy atom. The van der Waals surface area contributed by atoms with E-state index >= 15 is 0 Å². The van der Waals surface area contributed by atoms with Crippen LogP contribution in [0.5, 0.6) is 0 Å². The zero-order chi connectivity index (χ0) is 11.7. The summed E-state index contributed by atoms with van der Waals surface area (Å²) in [7, 11) is 0. The van der Waals surface area contributed by atoms with E-state index in [0.717, 1.165) is 16.9 Å². The molecule has 0 aliphatic heterocycles. The minimum Gasteiger partial charge on any atom is -0.236 e. The molecule has 0 saturated carbocycles. The Kier molecular flexibility index (Phi) is 3.43. The van der Waals surface area contributed by atoms with E-state index in [1.807, 2.05) is 19.1 Å². The largest absolute Gasteiger partial charge is 0.236 e. The zero-order valence-corrected chi connectivity index (χ0v) is 10.8. The summed E-state index contributed by atoms with van der Waals surface area (Å²) in [6, 6.07) is 5.45. The first-order valence-corrected chi connectivity index (χ1v) is 5.98. The molecule has 0 fully saturated rings. The van der Waals surface area contributed by atoms with E-state index in [0.29, 0.717) is 15.9 Å². The van der Waals surface area contributed by atoms with Crippen molar-refractivity contribution >= 4 is 34.8 Å². The Morgan fingerprint density at radius 2 is 2.06 bits per heavy atom. The highest BCUT2D eigenvalue weighted by molar-refractivity contribution is 6.43. The van der Waals surface area contributed by atoms with E-state index in [-0.39, 0.29) is 0 Å². The van der Waals surface area contributed by atoms with Crippen LogP contribution in [0.1, 0.15) is 11.3 Å². The maximum absolute atomic E-state index is 6.13. The van der Waals surface area contributed by atoms with Gasteiger partial charge in [-0.25, -0.2) is 4.68 Å². The maximum atomic E-state index is 6.13. The molecular weight excluding hydrogens is 266 g/mol. The minimum absolute atomic E-state index is 0.435. The van der Waals surface area contributed by atoms with Crippen LogP contribution in [0.25, 0.3) is 5.69 Å². The van der Waals surface area contributed by atoms with E-state index in [2.05, 4.69) is 5.10 Å². The Morgan fingerprint density at radius 3 is 2.69 bits per heavy atom. The monoisotopic (exact) mass is 274 g/mol. The SMILES string of the molecule is Cc1c(CCl)cnn1-c1cccc(Cl)c1Cl. The van der Waals surface area contributed by atoms with Crippen LogP contribution in [0.4, 0.5) is 0 Å². The minimum atomic E-state index is 0.435. The number of alkyl halides is 1. The smallest absolute Gasteiger partial charge is 0.0850 e. The summed E-state index contributed by atoms with van der Waals surface area (Å²) in [4.78, 5) is 0. The van der Waals surface area contributed by atoms with Crippen LogP contribution in [0.2, 0.25) is 10.0 Å². The number of benzene rings is 1. The maximum Gasteiger partial charge on any atom is 0.0850 e. The standard InChI is InChI=1S/C11H9Cl3N2/c1-7-8(5-12)6-15-16(7)10-4-2-3-9(13)11(10)14/h2-4,6H,5H2,1H3. The van der Waals surface area contributed by atoms with Gasteiger partial charge < -0.3 is 0 Å². The normalized spacial score (nSPS) is 10.8. The predicted octanol–water partition coefficient (Wildman–Crippen LogP) is 4.23. The van der Waals surface area contributed by atoms with E-state index < -0.39 is 0 Å². The molecule has 0 spiro atoms. The van der Waals surface area contributed by atoms with Crippen LogP contribution in [-0.4, -0.2) is 9.78 Å². The van der Waals surface area contributed by atoms with Gasteiger partial charge in [0.15, 0.2) is 0 Å². The molecule has 2 aromatic rings. The quantitative estimate of drug-likeness (QED) is 0.750. The number of hydrogen-bond donors (Lipinski definition) is 0. The lowest BCUT2D eigenvalue weighted by Crippen LogP contribution is -2.00. The molecule has 0 atom stereocenters. The average molecular weight is 276 g/mol. The van der Waals surface area contributed by atoms with Crippen LogP contribution >= 0.6 is 34.8 Å². The van der Waals surface area contributed by atoms with Gasteiger partial charge in [0.05, 0.1) is 27.8 Å². The molecule has 0 aliphatic carbocycles. The number of nitrogens with zero attached hydrogens (tertiary/aromatic N) is 2.